The largest absolute Gasteiger partial charge is 0.480 e. The molecule has 4 rings (SSSR count). The minimum atomic E-state index is -1.21. The van der Waals surface area contributed by atoms with Gasteiger partial charge in [-0.2, -0.15) is 0 Å². The highest BCUT2D eigenvalue weighted by molar-refractivity contribution is 6.02. The molecule has 2 amide bonds. The second-order valence-corrected chi connectivity index (χ2v) is 8.76. The third-order valence-corrected chi connectivity index (χ3v) is 6.04. The molecule has 0 aromatic heterocycles. The highest BCUT2D eigenvalue weighted by atomic mass is 16.5. The third kappa shape index (κ3) is 6.83. The molecule has 4 N–H and O–H groups in total. The summed E-state index contributed by atoms with van der Waals surface area (Å²) < 4.78 is 5.08. The predicted molar refractivity (Wildman–Crippen MR) is 140 cm³/mol. The maximum Gasteiger partial charge on any atom is 0.407 e. The lowest BCUT2D eigenvalue weighted by Gasteiger charge is -2.19. The average molecular weight is 501 g/mol. The van der Waals surface area contributed by atoms with Gasteiger partial charge < -0.3 is 25.6 Å². The number of ether oxygens (including phenoxy) is 1. The summed E-state index contributed by atoms with van der Waals surface area (Å²) in [4.78, 5) is 36.5. The summed E-state index contributed by atoms with van der Waals surface area (Å²) in [6.45, 7) is -0.140. The number of rotatable bonds is 10. The highest BCUT2D eigenvalue weighted by Crippen LogP contribution is 2.29. The van der Waals surface area contributed by atoms with Gasteiger partial charge in [-0.05, 0) is 38.7 Å². The van der Waals surface area contributed by atoms with Gasteiger partial charge in [-0.3, -0.25) is 4.79 Å². The molecule has 190 valence electrons. The Bertz CT molecular complexity index is 1350. The summed E-state index contributed by atoms with van der Waals surface area (Å²) in [7, 11) is 0. The molecule has 0 aliphatic carbocycles. The van der Waals surface area contributed by atoms with Crippen molar-refractivity contribution in [2.75, 3.05) is 6.54 Å². The zero-order valence-electron chi connectivity index (χ0n) is 20.1. The van der Waals surface area contributed by atoms with Gasteiger partial charge in [0.15, 0.2) is 0 Å². The number of amides is 2. The summed E-state index contributed by atoms with van der Waals surface area (Å²) in [5.74, 6) is -1.81. The molecular formula is C29H28N2O6. The van der Waals surface area contributed by atoms with Gasteiger partial charge in [0.2, 0.25) is 5.91 Å². The molecule has 0 saturated heterocycles. The van der Waals surface area contributed by atoms with Crippen molar-refractivity contribution in [1.82, 2.24) is 10.6 Å². The van der Waals surface area contributed by atoms with Crippen LogP contribution in [0.4, 0.5) is 4.79 Å². The molecule has 4 aromatic carbocycles. The summed E-state index contributed by atoms with van der Waals surface area (Å²) >= 11 is 0. The highest BCUT2D eigenvalue weighted by Gasteiger charge is 2.24. The molecule has 2 atom stereocenters. The number of carboxylic acid groups (broad SMARTS) is 1. The van der Waals surface area contributed by atoms with Crippen LogP contribution in [0.1, 0.15) is 17.5 Å². The fourth-order valence-corrected chi connectivity index (χ4v) is 4.25. The maximum absolute atomic E-state index is 12.6. The topological polar surface area (TPSA) is 125 Å². The van der Waals surface area contributed by atoms with Crippen molar-refractivity contribution < 1.29 is 29.3 Å². The standard InChI is InChI=1S/C29H28N2O6/c32-22(17-30-29(36)37-18-19-8-2-1-3-9-19)15-27(33)31-26(28(34)35)16-25-23-12-6-4-10-20(23)14-21-11-5-7-13-24(21)25/h1-14,22,26,32H,15-18H2,(H,30,36)(H,31,33)(H,34,35)/t22-,26-/m1/s1. The number of aliphatic hydroxyl groups excluding tert-OH is 1. The Hall–Kier alpha value is -4.43. The van der Waals surface area contributed by atoms with Gasteiger partial charge >= 0.3 is 12.1 Å². The summed E-state index contributed by atoms with van der Waals surface area (Å²) in [5, 5.41) is 28.8. The van der Waals surface area contributed by atoms with Crippen LogP contribution in [-0.4, -0.2) is 46.9 Å². The van der Waals surface area contributed by atoms with E-state index in [1.807, 2.05) is 78.9 Å². The van der Waals surface area contributed by atoms with Crippen LogP contribution in [-0.2, 0) is 27.4 Å². The molecule has 0 fully saturated rings. The van der Waals surface area contributed by atoms with Gasteiger partial charge in [-0.15, -0.1) is 0 Å². The predicted octanol–water partition coefficient (Wildman–Crippen LogP) is 3.78. The Morgan fingerprint density at radius 3 is 2.05 bits per heavy atom. The normalized spacial score (nSPS) is 12.6. The van der Waals surface area contributed by atoms with Crippen LogP contribution in [0, 0.1) is 0 Å². The van der Waals surface area contributed by atoms with Crippen LogP contribution in [0.25, 0.3) is 21.5 Å². The van der Waals surface area contributed by atoms with Gasteiger partial charge in [0, 0.05) is 13.0 Å². The fourth-order valence-electron chi connectivity index (χ4n) is 4.25. The van der Waals surface area contributed by atoms with Crippen LogP contribution < -0.4 is 10.6 Å². The lowest BCUT2D eigenvalue weighted by atomic mass is 9.92. The number of fused-ring (bicyclic) bond motifs is 2. The molecule has 0 unspecified atom stereocenters. The van der Waals surface area contributed by atoms with E-state index < -0.39 is 30.1 Å². The molecular weight excluding hydrogens is 472 g/mol. The van der Waals surface area contributed by atoms with E-state index in [0.29, 0.717) is 0 Å². The molecule has 37 heavy (non-hydrogen) atoms. The SMILES string of the molecule is O=C(C[C@@H](O)CNC(=O)OCc1ccccc1)N[C@H](Cc1c2ccccc2cc2ccccc12)C(=O)O. The Morgan fingerprint density at radius 1 is 0.838 bits per heavy atom. The lowest BCUT2D eigenvalue weighted by Crippen LogP contribution is -2.44. The number of hydrogen-bond donors (Lipinski definition) is 4. The Labute approximate surface area is 213 Å². The molecule has 0 radical (unpaired) electrons. The summed E-state index contributed by atoms with van der Waals surface area (Å²) in [5.41, 5.74) is 1.64. The van der Waals surface area contributed by atoms with E-state index in [0.717, 1.165) is 32.7 Å². The molecule has 4 aromatic rings. The number of hydrogen-bond acceptors (Lipinski definition) is 5. The number of alkyl carbamates (subject to hydrolysis) is 1. The summed E-state index contributed by atoms with van der Waals surface area (Å²) in [6.07, 6.45) is -2.24. The van der Waals surface area contributed by atoms with E-state index in [1.54, 1.807) is 0 Å². The molecule has 8 heteroatoms. The van der Waals surface area contributed by atoms with Crippen LogP contribution in [0.5, 0.6) is 0 Å². The lowest BCUT2D eigenvalue weighted by molar-refractivity contribution is -0.142. The second-order valence-electron chi connectivity index (χ2n) is 8.76. The van der Waals surface area contributed by atoms with Crippen molar-refractivity contribution in [2.45, 2.75) is 31.6 Å². The second kappa shape index (κ2) is 12.0. The third-order valence-electron chi connectivity index (χ3n) is 6.04. The smallest absolute Gasteiger partial charge is 0.407 e. The van der Waals surface area contributed by atoms with Crippen molar-refractivity contribution >= 4 is 39.5 Å². The molecule has 0 heterocycles. The van der Waals surface area contributed by atoms with E-state index in [2.05, 4.69) is 16.7 Å². The van der Waals surface area contributed by atoms with Crippen molar-refractivity contribution in [3.05, 3.63) is 96.1 Å². The van der Waals surface area contributed by atoms with Gasteiger partial charge in [0.1, 0.15) is 12.6 Å². The number of carbonyl (C=O) groups excluding carboxylic acids is 2. The molecule has 8 nitrogen and oxygen atoms in total. The maximum atomic E-state index is 12.6. The average Bonchev–Trinajstić information content (AvgIpc) is 2.90. The van der Waals surface area contributed by atoms with E-state index in [9.17, 15) is 24.6 Å². The van der Waals surface area contributed by atoms with Crippen molar-refractivity contribution in [3.8, 4) is 0 Å². The Balaban J connectivity index is 1.36. The first-order valence-electron chi connectivity index (χ1n) is 11.9. The van der Waals surface area contributed by atoms with Gasteiger partial charge in [-0.1, -0.05) is 78.9 Å². The van der Waals surface area contributed by atoms with Crippen molar-refractivity contribution in [2.24, 2.45) is 0 Å². The molecule has 0 saturated carbocycles. The zero-order chi connectivity index (χ0) is 26.2. The van der Waals surface area contributed by atoms with Gasteiger partial charge in [0.25, 0.3) is 0 Å². The van der Waals surface area contributed by atoms with E-state index >= 15 is 0 Å². The molecule has 0 aliphatic heterocycles. The van der Waals surface area contributed by atoms with E-state index in [4.69, 9.17) is 4.74 Å². The van der Waals surface area contributed by atoms with E-state index in [-0.39, 0.29) is 26.0 Å². The van der Waals surface area contributed by atoms with Crippen molar-refractivity contribution in [3.63, 3.8) is 0 Å². The minimum absolute atomic E-state index is 0.0725. The zero-order valence-corrected chi connectivity index (χ0v) is 20.1. The Morgan fingerprint density at radius 2 is 1.43 bits per heavy atom. The van der Waals surface area contributed by atoms with Crippen LogP contribution in [0.15, 0.2) is 84.9 Å². The van der Waals surface area contributed by atoms with Crippen LogP contribution >= 0.6 is 0 Å². The summed E-state index contributed by atoms with van der Waals surface area (Å²) in [6, 6.07) is 25.4. The first-order chi connectivity index (χ1) is 17.9. The quantitative estimate of drug-likeness (QED) is 0.246. The number of benzene rings is 4. The fraction of sp³-hybridized carbons (Fsp3) is 0.207. The van der Waals surface area contributed by atoms with Crippen LogP contribution in [0.3, 0.4) is 0 Å². The van der Waals surface area contributed by atoms with E-state index in [1.165, 1.54) is 0 Å². The number of aliphatic carboxylic acids is 1. The van der Waals surface area contributed by atoms with Crippen LogP contribution in [0.2, 0.25) is 0 Å². The Kier molecular flexibility index (Phi) is 8.33. The molecule has 0 aliphatic rings. The first kappa shape index (κ1) is 25.7. The first-order valence-corrected chi connectivity index (χ1v) is 11.9. The number of nitrogens with one attached hydrogen (secondary N) is 2. The number of carbonyl (C=O) groups is 3. The van der Waals surface area contributed by atoms with Gasteiger partial charge in [-0.25, -0.2) is 9.59 Å². The molecule has 0 bridgehead atoms. The van der Waals surface area contributed by atoms with Crippen molar-refractivity contribution in [1.29, 1.82) is 0 Å². The minimum Gasteiger partial charge on any atom is -0.480 e. The molecule has 0 spiro atoms. The number of aliphatic hydroxyl groups is 1. The number of carboxylic acids is 1. The van der Waals surface area contributed by atoms with Gasteiger partial charge in [0.05, 0.1) is 12.5 Å². The monoisotopic (exact) mass is 500 g/mol.